The molecule has 6 heteroatoms. The van der Waals surface area contributed by atoms with Crippen molar-refractivity contribution in [2.24, 2.45) is 11.8 Å². The average molecular weight is 376 g/mol. The largest absolute Gasteiger partial charge is 0.442 e. The molecule has 144 valence electrons. The second kappa shape index (κ2) is 8.33. The van der Waals surface area contributed by atoms with E-state index in [1.807, 2.05) is 24.3 Å². The summed E-state index contributed by atoms with van der Waals surface area (Å²) in [6.45, 7) is 3.79. The number of nitrogens with one attached hydrogen (secondary N) is 1. The number of anilines is 1. The number of carbonyl (C=O) groups is 1. The van der Waals surface area contributed by atoms with Crippen molar-refractivity contribution in [2.45, 2.75) is 38.5 Å². The minimum absolute atomic E-state index is 0.0559. The van der Waals surface area contributed by atoms with Crippen LogP contribution < -0.4 is 5.32 Å². The summed E-state index contributed by atoms with van der Waals surface area (Å²) >= 11 is 0. The Morgan fingerprint density at radius 1 is 1.25 bits per heavy atom. The van der Waals surface area contributed by atoms with Crippen molar-refractivity contribution < 1.29 is 9.21 Å². The van der Waals surface area contributed by atoms with E-state index < -0.39 is 0 Å². The van der Waals surface area contributed by atoms with Crippen LogP contribution in [0.25, 0.3) is 22.4 Å². The molecule has 4 rings (SSSR count). The lowest BCUT2D eigenvalue weighted by Gasteiger charge is -2.27. The molecule has 0 radical (unpaired) electrons. The molecule has 1 amide bonds. The van der Waals surface area contributed by atoms with E-state index in [9.17, 15) is 4.79 Å². The lowest BCUT2D eigenvalue weighted by atomic mass is 9.79. The molecule has 0 aromatic carbocycles. The minimum Gasteiger partial charge on any atom is -0.442 e. The van der Waals surface area contributed by atoms with Crippen LogP contribution in [0.2, 0.25) is 0 Å². The maximum atomic E-state index is 12.7. The summed E-state index contributed by atoms with van der Waals surface area (Å²) in [7, 11) is 0. The smallest absolute Gasteiger partial charge is 0.228 e. The SMILES string of the molecule is C=CCCC1CCC(C(=O)Nc2cc3nc(-c4cnco4)ccc3cn2)CC1. The number of hydrogen-bond acceptors (Lipinski definition) is 5. The monoisotopic (exact) mass is 376 g/mol. The maximum Gasteiger partial charge on any atom is 0.228 e. The number of carbonyl (C=O) groups excluding carboxylic acids is 1. The fourth-order valence-corrected chi connectivity index (χ4v) is 3.86. The Morgan fingerprint density at radius 2 is 2.11 bits per heavy atom. The predicted octanol–water partition coefficient (Wildman–Crippen LogP) is 5.00. The predicted molar refractivity (Wildman–Crippen MR) is 109 cm³/mol. The summed E-state index contributed by atoms with van der Waals surface area (Å²) in [4.78, 5) is 25.6. The highest BCUT2D eigenvalue weighted by Crippen LogP contribution is 2.32. The summed E-state index contributed by atoms with van der Waals surface area (Å²) < 4.78 is 5.31. The summed E-state index contributed by atoms with van der Waals surface area (Å²) in [6, 6.07) is 5.61. The van der Waals surface area contributed by atoms with Crippen LogP contribution >= 0.6 is 0 Å². The first-order chi connectivity index (χ1) is 13.7. The van der Waals surface area contributed by atoms with E-state index in [2.05, 4.69) is 26.8 Å². The molecule has 0 saturated heterocycles. The second-order valence-corrected chi connectivity index (χ2v) is 7.40. The summed E-state index contributed by atoms with van der Waals surface area (Å²) in [5, 5.41) is 3.88. The van der Waals surface area contributed by atoms with Gasteiger partial charge in [0, 0.05) is 23.6 Å². The summed E-state index contributed by atoms with van der Waals surface area (Å²) in [5.41, 5.74) is 1.46. The molecule has 1 fully saturated rings. The van der Waals surface area contributed by atoms with Crippen LogP contribution in [0.4, 0.5) is 5.82 Å². The van der Waals surface area contributed by atoms with Crippen LogP contribution in [-0.2, 0) is 4.79 Å². The molecule has 0 atom stereocenters. The van der Waals surface area contributed by atoms with Gasteiger partial charge in [-0.2, -0.15) is 0 Å². The van der Waals surface area contributed by atoms with Gasteiger partial charge in [0.2, 0.25) is 5.91 Å². The molecule has 1 aliphatic carbocycles. The number of oxazole rings is 1. The van der Waals surface area contributed by atoms with Crippen LogP contribution in [0, 0.1) is 11.8 Å². The molecule has 0 aliphatic heterocycles. The third-order valence-electron chi connectivity index (χ3n) is 5.51. The Morgan fingerprint density at radius 3 is 2.86 bits per heavy atom. The fraction of sp³-hybridized carbons (Fsp3) is 0.364. The lowest BCUT2D eigenvalue weighted by Crippen LogP contribution is -2.27. The number of fused-ring (bicyclic) bond motifs is 1. The topological polar surface area (TPSA) is 80.9 Å². The van der Waals surface area contributed by atoms with E-state index in [0.717, 1.165) is 48.9 Å². The first-order valence-electron chi connectivity index (χ1n) is 9.80. The van der Waals surface area contributed by atoms with Crippen LogP contribution in [0.3, 0.4) is 0 Å². The van der Waals surface area contributed by atoms with Crippen LogP contribution in [-0.4, -0.2) is 20.9 Å². The molecule has 0 spiro atoms. The molecule has 1 aliphatic rings. The van der Waals surface area contributed by atoms with Gasteiger partial charge in [0.15, 0.2) is 12.2 Å². The molecular formula is C22H24N4O2. The van der Waals surface area contributed by atoms with Gasteiger partial charge in [-0.1, -0.05) is 6.08 Å². The molecular weight excluding hydrogens is 352 g/mol. The average Bonchev–Trinajstić information content (AvgIpc) is 3.27. The van der Waals surface area contributed by atoms with Crippen molar-refractivity contribution in [1.82, 2.24) is 15.0 Å². The van der Waals surface area contributed by atoms with Crippen molar-refractivity contribution in [3.8, 4) is 11.5 Å². The molecule has 3 aromatic rings. The van der Waals surface area contributed by atoms with Gasteiger partial charge in [0.05, 0.1) is 11.7 Å². The van der Waals surface area contributed by atoms with Crippen molar-refractivity contribution >= 4 is 22.6 Å². The molecule has 0 unspecified atom stereocenters. The Bertz CT molecular complexity index is 960. The molecule has 28 heavy (non-hydrogen) atoms. The highest BCUT2D eigenvalue weighted by molar-refractivity contribution is 5.93. The van der Waals surface area contributed by atoms with Crippen molar-refractivity contribution in [3.05, 3.63) is 49.6 Å². The Labute approximate surface area is 164 Å². The maximum absolute atomic E-state index is 12.7. The van der Waals surface area contributed by atoms with Crippen LogP contribution in [0.1, 0.15) is 38.5 Å². The van der Waals surface area contributed by atoms with Gasteiger partial charge >= 0.3 is 0 Å². The Kier molecular flexibility index (Phi) is 5.46. The van der Waals surface area contributed by atoms with E-state index >= 15 is 0 Å². The number of amides is 1. The highest BCUT2D eigenvalue weighted by atomic mass is 16.3. The van der Waals surface area contributed by atoms with Crippen molar-refractivity contribution in [2.75, 3.05) is 5.32 Å². The van der Waals surface area contributed by atoms with Crippen molar-refractivity contribution in [1.29, 1.82) is 0 Å². The van der Waals surface area contributed by atoms with E-state index in [-0.39, 0.29) is 11.8 Å². The van der Waals surface area contributed by atoms with Crippen LogP contribution in [0.15, 0.2) is 54.1 Å². The van der Waals surface area contributed by atoms with Gasteiger partial charge in [-0.3, -0.25) is 4.79 Å². The van der Waals surface area contributed by atoms with Gasteiger partial charge in [0.25, 0.3) is 0 Å². The zero-order valence-electron chi connectivity index (χ0n) is 15.8. The zero-order chi connectivity index (χ0) is 19.3. The standard InChI is InChI=1S/C22H24N4O2/c1-2-3-4-15-5-7-16(8-6-15)22(27)26-21-11-19-17(12-24-21)9-10-18(25-19)20-13-23-14-28-20/h2,9-16H,1,3-8H2,(H,24,26,27). The Balaban J connectivity index is 1.43. The van der Waals surface area contributed by atoms with E-state index in [4.69, 9.17) is 4.42 Å². The lowest BCUT2D eigenvalue weighted by molar-refractivity contribution is -0.121. The third-order valence-corrected chi connectivity index (χ3v) is 5.51. The first-order valence-corrected chi connectivity index (χ1v) is 9.80. The van der Waals surface area contributed by atoms with Crippen molar-refractivity contribution in [3.63, 3.8) is 0 Å². The zero-order valence-corrected chi connectivity index (χ0v) is 15.8. The molecule has 0 bridgehead atoms. The minimum atomic E-state index is 0.0559. The molecule has 3 heterocycles. The van der Waals surface area contributed by atoms with Gasteiger partial charge in [-0.25, -0.2) is 15.0 Å². The molecule has 1 saturated carbocycles. The number of hydrogen-bond donors (Lipinski definition) is 1. The molecule has 6 nitrogen and oxygen atoms in total. The normalized spacial score (nSPS) is 19.4. The van der Waals surface area contributed by atoms with E-state index in [0.29, 0.717) is 17.3 Å². The molecule has 3 aromatic heterocycles. The molecule has 1 N–H and O–H groups in total. The summed E-state index contributed by atoms with van der Waals surface area (Å²) in [6.07, 6.45) is 13.1. The third kappa shape index (κ3) is 4.11. The second-order valence-electron chi connectivity index (χ2n) is 7.40. The summed E-state index contributed by atoms with van der Waals surface area (Å²) in [5.74, 6) is 1.98. The van der Waals surface area contributed by atoms with Gasteiger partial charge in [0.1, 0.15) is 11.5 Å². The van der Waals surface area contributed by atoms with E-state index in [1.165, 1.54) is 12.8 Å². The highest BCUT2D eigenvalue weighted by Gasteiger charge is 2.26. The number of pyridine rings is 2. The van der Waals surface area contributed by atoms with Gasteiger partial charge in [-0.05, 0) is 56.6 Å². The van der Waals surface area contributed by atoms with Gasteiger partial charge in [-0.15, -0.1) is 6.58 Å². The first kappa shape index (κ1) is 18.3. The fourth-order valence-electron chi connectivity index (χ4n) is 3.86. The quantitative estimate of drug-likeness (QED) is 0.613. The number of rotatable bonds is 6. The number of nitrogens with zero attached hydrogens (tertiary/aromatic N) is 3. The number of aromatic nitrogens is 3. The van der Waals surface area contributed by atoms with E-state index in [1.54, 1.807) is 12.4 Å². The number of allylic oxidation sites excluding steroid dienone is 1. The Hall–Kier alpha value is -3.02. The van der Waals surface area contributed by atoms with Gasteiger partial charge < -0.3 is 9.73 Å². The van der Waals surface area contributed by atoms with Crippen LogP contribution in [0.5, 0.6) is 0 Å².